The van der Waals surface area contributed by atoms with E-state index < -0.39 is 0 Å². The van der Waals surface area contributed by atoms with Crippen molar-refractivity contribution in [3.63, 3.8) is 0 Å². The lowest BCUT2D eigenvalue weighted by Gasteiger charge is -2.47. The number of hydrogen-bond acceptors (Lipinski definition) is 8. The van der Waals surface area contributed by atoms with Gasteiger partial charge < -0.3 is 15.0 Å². The quantitative estimate of drug-likeness (QED) is 0.396. The molecule has 2 aliphatic rings. The van der Waals surface area contributed by atoms with E-state index in [1.165, 1.54) is 11.0 Å². The second kappa shape index (κ2) is 9.56. The smallest absolute Gasteiger partial charge is 0.254 e. The zero-order valence-electron chi connectivity index (χ0n) is 20.3. The molecule has 3 aromatic heterocycles. The van der Waals surface area contributed by atoms with Crippen LogP contribution in [-0.2, 0) is 17.8 Å². The van der Waals surface area contributed by atoms with Gasteiger partial charge in [0, 0.05) is 30.1 Å². The van der Waals surface area contributed by atoms with Gasteiger partial charge in [-0.2, -0.15) is 5.10 Å². The molecule has 0 unspecified atom stereocenters. The number of pyridine rings is 1. The molecule has 2 aliphatic heterocycles. The summed E-state index contributed by atoms with van der Waals surface area (Å²) in [6.07, 6.45) is 7.07. The number of halogens is 1. The fraction of sp³-hybridized carbons (Fsp3) is 0.360. The third-order valence-electron chi connectivity index (χ3n) is 6.95. The van der Waals surface area contributed by atoms with Crippen LogP contribution < -0.4 is 10.2 Å². The van der Waals surface area contributed by atoms with Gasteiger partial charge in [-0.05, 0) is 65.6 Å². The van der Waals surface area contributed by atoms with Crippen LogP contribution in [0.4, 0.5) is 5.82 Å². The molecule has 5 heterocycles. The number of tetrazole rings is 1. The summed E-state index contributed by atoms with van der Waals surface area (Å²) in [4.78, 5) is 19.9. The Balaban J connectivity index is 1.08. The summed E-state index contributed by atoms with van der Waals surface area (Å²) in [6.45, 7) is 5.46. The molecule has 6 rings (SSSR count). The van der Waals surface area contributed by atoms with Crippen LogP contribution in [0.15, 0.2) is 49.1 Å². The van der Waals surface area contributed by atoms with Gasteiger partial charge in [0.25, 0.3) is 5.91 Å². The first-order valence-corrected chi connectivity index (χ1v) is 12.5. The number of rotatable bonds is 7. The van der Waals surface area contributed by atoms with Crippen molar-refractivity contribution in [1.82, 2.24) is 40.3 Å². The van der Waals surface area contributed by atoms with Crippen LogP contribution in [0.25, 0.3) is 5.69 Å². The van der Waals surface area contributed by atoms with Gasteiger partial charge >= 0.3 is 0 Å². The van der Waals surface area contributed by atoms with E-state index in [0.29, 0.717) is 17.1 Å². The maximum absolute atomic E-state index is 12.8. The number of hydrogen-bond donors (Lipinski definition) is 1. The molecule has 0 atom stereocenters. The number of carbonyl (C=O) groups excluding carboxylic acids is 1. The van der Waals surface area contributed by atoms with E-state index in [1.54, 1.807) is 29.2 Å². The van der Waals surface area contributed by atoms with Gasteiger partial charge in [0.1, 0.15) is 17.7 Å². The number of aromatic nitrogens is 7. The molecule has 11 nitrogen and oxygen atoms in total. The van der Waals surface area contributed by atoms with Crippen molar-refractivity contribution in [3.8, 4) is 5.69 Å². The largest absolute Gasteiger partial charge is 0.371 e. The molecule has 0 bridgehead atoms. The molecule has 4 aromatic rings. The maximum Gasteiger partial charge on any atom is 0.254 e. The highest BCUT2D eigenvalue weighted by Crippen LogP contribution is 2.37. The fourth-order valence-corrected chi connectivity index (χ4v) is 5.14. The van der Waals surface area contributed by atoms with Crippen LogP contribution in [0, 0.1) is 6.92 Å². The van der Waals surface area contributed by atoms with Crippen molar-refractivity contribution in [3.05, 3.63) is 76.5 Å². The van der Waals surface area contributed by atoms with Crippen molar-refractivity contribution < 1.29 is 9.53 Å². The Morgan fingerprint density at radius 3 is 2.86 bits per heavy atom. The van der Waals surface area contributed by atoms with Crippen molar-refractivity contribution in [2.45, 2.75) is 38.5 Å². The standard InChI is InChI=1S/C25H26ClN9O2/c1-17-18(3-6-23(30-17)33-14-25(15-33)7-2-8-37-25)12-34-13-20(11-29-34)24(36)27-10-19-9-21(26)4-5-22(19)35-16-28-31-32-35/h3-6,9,11,13,16H,2,7-8,10,12,14-15H2,1H3,(H,27,36). The van der Waals surface area contributed by atoms with Gasteiger partial charge in [-0.3, -0.25) is 9.48 Å². The number of nitrogens with zero attached hydrogens (tertiary/aromatic N) is 8. The van der Waals surface area contributed by atoms with E-state index in [1.807, 2.05) is 13.0 Å². The molecule has 0 saturated carbocycles. The minimum atomic E-state index is -0.236. The first-order valence-electron chi connectivity index (χ1n) is 12.2. The molecule has 190 valence electrons. The number of ether oxygens (including phenoxy) is 1. The lowest BCUT2D eigenvalue weighted by molar-refractivity contribution is -0.0184. The average molecular weight is 520 g/mol. The van der Waals surface area contributed by atoms with E-state index in [9.17, 15) is 4.79 Å². The molecule has 37 heavy (non-hydrogen) atoms. The van der Waals surface area contributed by atoms with Crippen molar-refractivity contribution >= 4 is 23.3 Å². The number of carbonyl (C=O) groups is 1. The lowest BCUT2D eigenvalue weighted by Crippen LogP contribution is -2.61. The van der Waals surface area contributed by atoms with Crippen LogP contribution in [0.3, 0.4) is 0 Å². The highest BCUT2D eigenvalue weighted by Gasteiger charge is 2.46. The van der Waals surface area contributed by atoms with Crippen molar-refractivity contribution in [2.24, 2.45) is 0 Å². The minimum absolute atomic E-state index is 0.0439. The van der Waals surface area contributed by atoms with E-state index in [4.69, 9.17) is 21.3 Å². The first-order chi connectivity index (χ1) is 18.0. The first kappa shape index (κ1) is 23.6. The number of anilines is 1. The Morgan fingerprint density at radius 1 is 1.22 bits per heavy atom. The Morgan fingerprint density at radius 2 is 2.11 bits per heavy atom. The van der Waals surface area contributed by atoms with E-state index >= 15 is 0 Å². The van der Waals surface area contributed by atoms with Gasteiger partial charge in [-0.15, -0.1) is 5.10 Å². The third-order valence-corrected chi connectivity index (χ3v) is 7.19. The molecular weight excluding hydrogens is 494 g/mol. The Kier molecular flexibility index (Phi) is 6.09. The molecule has 2 saturated heterocycles. The number of benzene rings is 1. The maximum atomic E-state index is 12.8. The molecule has 12 heteroatoms. The summed E-state index contributed by atoms with van der Waals surface area (Å²) in [6, 6.07) is 9.47. The van der Waals surface area contributed by atoms with Crippen molar-refractivity contribution in [2.75, 3.05) is 24.6 Å². The Hall–Kier alpha value is -3.83. The highest BCUT2D eigenvalue weighted by atomic mass is 35.5. The second-order valence-corrected chi connectivity index (χ2v) is 9.98. The van der Waals surface area contributed by atoms with Gasteiger partial charge in [0.15, 0.2) is 0 Å². The van der Waals surface area contributed by atoms with Crippen LogP contribution >= 0.6 is 11.6 Å². The molecule has 0 radical (unpaired) electrons. The SMILES string of the molecule is Cc1nc(N2CC3(CCCO3)C2)ccc1Cn1cc(C(=O)NCc2cc(Cl)ccc2-n2cnnn2)cn1. The van der Waals surface area contributed by atoms with E-state index in [2.05, 4.69) is 43.0 Å². The Bertz CT molecular complexity index is 1420. The van der Waals surface area contributed by atoms with Crippen LogP contribution in [0.5, 0.6) is 0 Å². The van der Waals surface area contributed by atoms with E-state index in [-0.39, 0.29) is 18.1 Å². The predicted octanol–water partition coefficient (Wildman–Crippen LogP) is 2.56. The van der Waals surface area contributed by atoms with Gasteiger partial charge in [-0.25, -0.2) is 9.67 Å². The zero-order valence-corrected chi connectivity index (χ0v) is 21.1. The predicted molar refractivity (Wildman–Crippen MR) is 136 cm³/mol. The molecule has 0 aliphatic carbocycles. The van der Waals surface area contributed by atoms with Crippen LogP contribution in [0.1, 0.15) is 40.0 Å². The van der Waals surface area contributed by atoms with Crippen molar-refractivity contribution in [1.29, 1.82) is 0 Å². The number of aryl methyl sites for hydroxylation is 1. The summed E-state index contributed by atoms with van der Waals surface area (Å²) in [7, 11) is 0. The number of amides is 1. The summed E-state index contributed by atoms with van der Waals surface area (Å²) < 4.78 is 9.20. The summed E-state index contributed by atoms with van der Waals surface area (Å²) in [5.74, 6) is 0.741. The molecular formula is C25H26ClN9O2. The molecule has 1 amide bonds. The topological polar surface area (TPSA) is 116 Å². The highest BCUT2D eigenvalue weighted by molar-refractivity contribution is 6.30. The third kappa shape index (κ3) is 4.79. The van der Waals surface area contributed by atoms with E-state index in [0.717, 1.165) is 60.9 Å². The molecule has 1 aromatic carbocycles. The van der Waals surface area contributed by atoms with Gasteiger partial charge in [0.2, 0.25) is 0 Å². The second-order valence-electron chi connectivity index (χ2n) is 9.54. The summed E-state index contributed by atoms with van der Waals surface area (Å²) >= 11 is 6.17. The summed E-state index contributed by atoms with van der Waals surface area (Å²) in [5, 5.41) is 19.1. The normalized spacial score (nSPS) is 16.2. The zero-order chi connectivity index (χ0) is 25.4. The fourth-order valence-electron chi connectivity index (χ4n) is 4.95. The number of nitrogens with one attached hydrogen (secondary N) is 1. The molecule has 1 N–H and O–H groups in total. The van der Waals surface area contributed by atoms with Gasteiger partial charge in [-0.1, -0.05) is 17.7 Å². The molecule has 1 spiro atoms. The van der Waals surface area contributed by atoms with Crippen LogP contribution in [0.2, 0.25) is 5.02 Å². The van der Waals surface area contributed by atoms with Crippen LogP contribution in [-0.4, -0.2) is 66.2 Å². The minimum Gasteiger partial charge on any atom is -0.371 e. The average Bonchev–Trinajstić information content (AvgIpc) is 3.65. The summed E-state index contributed by atoms with van der Waals surface area (Å²) in [5.41, 5.74) is 4.04. The molecule has 2 fully saturated rings. The van der Waals surface area contributed by atoms with Gasteiger partial charge in [0.05, 0.1) is 37.1 Å². The lowest BCUT2D eigenvalue weighted by atomic mass is 9.91. The Labute approximate surface area is 218 Å². The monoisotopic (exact) mass is 519 g/mol.